The van der Waals surface area contributed by atoms with Gasteiger partial charge in [-0.2, -0.15) is 0 Å². The maximum atomic E-state index is 12.3. The number of urea groups is 1. The van der Waals surface area contributed by atoms with E-state index in [1.165, 1.54) is 0 Å². The Kier molecular flexibility index (Phi) is 5.93. The number of carbonyl (C=O) groups excluding carboxylic acids is 3. The molecule has 4 amide bonds. The van der Waals surface area contributed by atoms with Gasteiger partial charge < -0.3 is 15.4 Å². The lowest BCUT2D eigenvalue weighted by atomic mass is 10.1. The van der Waals surface area contributed by atoms with Crippen LogP contribution in [0, 0.1) is 0 Å². The van der Waals surface area contributed by atoms with Gasteiger partial charge in [0.25, 0.3) is 5.91 Å². The molecular formula is C19H18ClN3O4. The third kappa shape index (κ3) is 4.98. The van der Waals surface area contributed by atoms with E-state index in [1.807, 2.05) is 42.5 Å². The van der Waals surface area contributed by atoms with Gasteiger partial charge in [-0.05, 0) is 23.3 Å². The Morgan fingerprint density at radius 3 is 2.44 bits per heavy atom. The molecule has 0 aromatic heterocycles. The fourth-order valence-electron chi connectivity index (χ4n) is 2.65. The highest BCUT2D eigenvalue weighted by molar-refractivity contribution is 6.30. The second-order valence-corrected chi connectivity index (χ2v) is 6.41. The zero-order valence-corrected chi connectivity index (χ0v) is 15.1. The van der Waals surface area contributed by atoms with E-state index >= 15 is 0 Å². The smallest absolute Gasteiger partial charge is 0.417 e. The van der Waals surface area contributed by atoms with Gasteiger partial charge in [-0.25, -0.2) is 14.5 Å². The highest BCUT2D eigenvalue weighted by atomic mass is 35.5. The molecule has 2 aromatic rings. The molecule has 0 radical (unpaired) electrons. The number of nitrogens with zero attached hydrogens (tertiary/aromatic N) is 1. The van der Waals surface area contributed by atoms with Crippen molar-refractivity contribution in [2.24, 2.45) is 0 Å². The zero-order valence-electron chi connectivity index (χ0n) is 14.4. The van der Waals surface area contributed by atoms with Crippen LogP contribution < -0.4 is 10.6 Å². The number of rotatable bonds is 6. The minimum absolute atomic E-state index is 0.00392. The van der Waals surface area contributed by atoms with Crippen molar-refractivity contribution in [3.8, 4) is 0 Å². The van der Waals surface area contributed by atoms with Crippen LogP contribution in [0.5, 0.6) is 0 Å². The molecule has 8 heteroatoms. The molecule has 1 fully saturated rings. The molecule has 7 nitrogen and oxygen atoms in total. The number of hydrogen-bond donors (Lipinski definition) is 2. The van der Waals surface area contributed by atoms with Gasteiger partial charge in [0.05, 0.1) is 12.6 Å². The molecule has 1 saturated heterocycles. The zero-order chi connectivity index (χ0) is 19.2. The van der Waals surface area contributed by atoms with Gasteiger partial charge in [0, 0.05) is 11.6 Å². The Morgan fingerprint density at radius 2 is 1.81 bits per heavy atom. The Hall–Kier alpha value is -3.06. The van der Waals surface area contributed by atoms with Crippen LogP contribution >= 0.6 is 11.6 Å². The molecular weight excluding hydrogens is 370 g/mol. The van der Waals surface area contributed by atoms with Gasteiger partial charge in [0.1, 0.15) is 0 Å². The van der Waals surface area contributed by atoms with E-state index in [0.29, 0.717) is 11.6 Å². The van der Waals surface area contributed by atoms with Crippen molar-refractivity contribution in [3.63, 3.8) is 0 Å². The molecule has 0 aliphatic carbocycles. The average molecular weight is 388 g/mol. The predicted molar refractivity (Wildman–Crippen MR) is 99.1 cm³/mol. The van der Waals surface area contributed by atoms with E-state index in [4.69, 9.17) is 16.3 Å². The van der Waals surface area contributed by atoms with Crippen molar-refractivity contribution in [2.75, 3.05) is 13.2 Å². The van der Waals surface area contributed by atoms with Crippen LogP contribution in [0.4, 0.5) is 9.59 Å². The fraction of sp³-hybridized carbons (Fsp3) is 0.211. The summed E-state index contributed by atoms with van der Waals surface area (Å²) >= 11 is 5.85. The predicted octanol–water partition coefficient (Wildman–Crippen LogP) is 2.86. The van der Waals surface area contributed by atoms with Gasteiger partial charge in [-0.15, -0.1) is 0 Å². The lowest BCUT2D eigenvalue weighted by molar-refractivity contribution is -0.126. The Balaban J connectivity index is 1.65. The SMILES string of the molecule is O=C(NCc1ccc(Cl)cc1)NC(CN1C(=O)COC1=O)c1ccccc1. The number of carbonyl (C=O) groups is 3. The first-order valence-electron chi connectivity index (χ1n) is 8.34. The van der Waals surface area contributed by atoms with E-state index in [9.17, 15) is 14.4 Å². The number of ether oxygens (including phenoxy) is 1. The summed E-state index contributed by atoms with van der Waals surface area (Å²) in [5, 5.41) is 6.18. The molecule has 1 aliphatic rings. The minimum Gasteiger partial charge on any atom is -0.439 e. The summed E-state index contributed by atoms with van der Waals surface area (Å²) in [5.74, 6) is -0.427. The minimum atomic E-state index is -0.704. The van der Waals surface area contributed by atoms with Gasteiger partial charge >= 0.3 is 12.1 Å². The summed E-state index contributed by atoms with van der Waals surface area (Å²) < 4.78 is 4.73. The molecule has 1 unspecified atom stereocenters. The van der Waals surface area contributed by atoms with Gasteiger partial charge in [0.2, 0.25) is 0 Å². The summed E-state index contributed by atoms with van der Waals surface area (Å²) in [7, 11) is 0. The topological polar surface area (TPSA) is 87.7 Å². The highest BCUT2D eigenvalue weighted by Crippen LogP contribution is 2.17. The van der Waals surface area contributed by atoms with Crippen LogP contribution in [0.1, 0.15) is 17.2 Å². The van der Waals surface area contributed by atoms with Crippen molar-refractivity contribution in [1.82, 2.24) is 15.5 Å². The van der Waals surface area contributed by atoms with Crippen molar-refractivity contribution in [1.29, 1.82) is 0 Å². The molecule has 0 bridgehead atoms. The Morgan fingerprint density at radius 1 is 1.11 bits per heavy atom. The van der Waals surface area contributed by atoms with Crippen LogP contribution in [-0.4, -0.2) is 36.1 Å². The number of nitrogens with one attached hydrogen (secondary N) is 2. The van der Waals surface area contributed by atoms with E-state index in [0.717, 1.165) is 16.0 Å². The standard InChI is InChI=1S/C19H18ClN3O4/c20-15-8-6-13(7-9-15)10-21-18(25)22-16(14-4-2-1-3-5-14)11-23-17(24)12-27-19(23)26/h1-9,16H,10-12H2,(H2,21,22,25). The van der Waals surface area contributed by atoms with Crippen LogP contribution in [0.25, 0.3) is 0 Å². The normalized spacial score (nSPS) is 14.6. The number of imide groups is 1. The fourth-order valence-corrected chi connectivity index (χ4v) is 2.78. The van der Waals surface area contributed by atoms with Gasteiger partial charge in [0.15, 0.2) is 6.61 Å². The number of amides is 4. The van der Waals surface area contributed by atoms with Crippen LogP contribution in [0.2, 0.25) is 5.02 Å². The molecule has 1 aliphatic heterocycles. The van der Waals surface area contributed by atoms with Crippen LogP contribution in [0.15, 0.2) is 54.6 Å². The molecule has 27 heavy (non-hydrogen) atoms. The average Bonchev–Trinajstić information content (AvgIpc) is 2.99. The maximum absolute atomic E-state index is 12.3. The maximum Gasteiger partial charge on any atom is 0.417 e. The van der Waals surface area contributed by atoms with E-state index in [1.54, 1.807) is 12.1 Å². The molecule has 3 rings (SSSR count). The second kappa shape index (κ2) is 8.55. The molecule has 140 valence electrons. The lowest BCUT2D eigenvalue weighted by Crippen LogP contribution is -2.43. The summed E-state index contributed by atoms with van der Waals surface area (Å²) in [6.45, 7) is 0.0361. The first kappa shape index (κ1) is 18.7. The van der Waals surface area contributed by atoms with E-state index in [2.05, 4.69) is 10.6 Å². The number of cyclic esters (lactones) is 1. The molecule has 1 heterocycles. The van der Waals surface area contributed by atoms with Crippen molar-refractivity contribution in [2.45, 2.75) is 12.6 Å². The molecule has 0 spiro atoms. The van der Waals surface area contributed by atoms with Crippen LogP contribution in [-0.2, 0) is 16.1 Å². The number of benzene rings is 2. The molecule has 2 aromatic carbocycles. The third-order valence-electron chi connectivity index (χ3n) is 4.08. The Labute approximate surface area is 161 Å². The first-order chi connectivity index (χ1) is 13.0. The lowest BCUT2D eigenvalue weighted by Gasteiger charge is -2.23. The Bertz CT molecular complexity index is 811. The third-order valence-corrected chi connectivity index (χ3v) is 4.33. The van der Waals surface area contributed by atoms with Gasteiger partial charge in [-0.3, -0.25) is 4.79 Å². The summed E-state index contributed by atoms with van der Waals surface area (Å²) in [4.78, 5) is 36.9. The van der Waals surface area contributed by atoms with E-state index < -0.39 is 24.1 Å². The number of hydrogen-bond acceptors (Lipinski definition) is 4. The molecule has 2 N–H and O–H groups in total. The first-order valence-corrected chi connectivity index (χ1v) is 8.71. The largest absolute Gasteiger partial charge is 0.439 e. The number of halogens is 1. The van der Waals surface area contributed by atoms with E-state index in [-0.39, 0.29) is 13.2 Å². The molecule has 0 saturated carbocycles. The van der Waals surface area contributed by atoms with Crippen LogP contribution in [0.3, 0.4) is 0 Å². The van der Waals surface area contributed by atoms with Gasteiger partial charge in [-0.1, -0.05) is 54.1 Å². The molecule has 1 atom stereocenters. The second-order valence-electron chi connectivity index (χ2n) is 5.98. The monoisotopic (exact) mass is 387 g/mol. The quantitative estimate of drug-likeness (QED) is 0.797. The van der Waals surface area contributed by atoms with Crippen molar-refractivity contribution in [3.05, 3.63) is 70.7 Å². The van der Waals surface area contributed by atoms with Crippen molar-refractivity contribution >= 4 is 29.6 Å². The summed E-state index contributed by atoms with van der Waals surface area (Å²) in [6.07, 6.45) is -0.704. The highest BCUT2D eigenvalue weighted by Gasteiger charge is 2.33. The summed E-state index contributed by atoms with van der Waals surface area (Å²) in [6, 6.07) is 15.3. The summed E-state index contributed by atoms with van der Waals surface area (Å²) in [5.41, 5.74) is 1.66. The van der Waals surface area contributed by atoms with Crippen molar-refractivity contribution < 1.29 is 19.1 Å².